The van der Waals surface area contributed by atoms with Crippen LogP contribution in [-0.4, -0.2) is 66.7 Å². The van der Waals surface area contributed by atoms with Crippen molar-refractivity contribution in [2.75, 3.05) is 44.4 Å². The van der Waals surface area contributed by atoms with Gasteiger partial charge in [0.2, 0.25) is 0 Å². The molecule has 3 rings (SSSR count). The molecule has 0 aromatic heterocycles. The number of aromatic hydroxyl groups is 1. The number of carbonyl (C=O) groups is 2. The number of unbranched alkanes of at least 4 members (excludes halogenated alkanes) is 3. The van der Waals surface area contributed by atoms with Crippen LogP contribution in [0.5, 0.6) is 5.75 Å². The van der Waals surface area contributed by atoms with Crippen molar-refractivity contribution in [2.45, 2.75) is 44.1 Å². The monoisotopic (exact) mass is 535 g/mol. The summed E-state index contributed by atoms with van der Waals surface area (Å²) in [5.74, 6) is -3.67. The van der Waals surface area contributed by atoms with Crippen molar-refractivity contribution in [3.05, 3.63) is 59.2 Å². The smallest absolute Gasteiger partial charge is 0.329 e. The molecule has 0 saturated carbocycles. The molecule has 1 saturated heterocycles. The molecule has 208 valence electrons. The number of aliphatic hydroxyl groups is 2. The molecule has 5 N–H and O–H groups in total. The van der Waals surface area contributed by atoms with Gasteiger partial charge >= 0.3 is 6.03 Å². The predicted molar refractivity (Wildman–Crippen MR) is 137 cm³/mol. The van der Waals surface area contributed by atoms with Gasteiger partial charge in [-0.15, -0.1) is 0 Å². The van der Waals surface area contributed by atoms with Crippen LogP contribution >= 0.6 is 0 Å². The van der Waals surface area contributed by atoms with E-state index in [0.717, 1.165) is 30.2 Å². The fourth-order valence-corrected chi connectivity index (χ4v) is 4.14. The highest BCUT2D eigenvalue weighted by Crippen LogP contribution is 2.31. The van der Waals surface area contributed by atoms with E-state index in [1.807, 2.05) is 0 Å². The minimum Gasteiger partial charge on any atom is -0.508 e. The lowest BCUT2D eigenvalue weighted by atomic mass is 10.0. The van der Waals surface area contributed by atoms with Crippen molar-refractivity contribution in [3.8, 4) is 5.75 Å². The number of phenolic OH excluding ortho intramolecular Hbond substituents is 1. The van der Waals surface area contributed by atoms with Crippen LogP contribution < -0.4 is 15.5 Å². The fraction of sp³-hybridized carbons (Fsp3) is 0.481. The Hall–Kier alpha value is -3.12. The molecule has 0 radical (unpaired) electrons. The standard InChI is InChI=1S/C27H35F2N3O6/c28-27(29,21-6-5-7-22(15-21)32-25(36)17-31-26(32)37)18-38-13-4-2-1-3-11-30-16-24(35)19-8-9-23(34)20(14-19)10-12-33/h5-9,14-15,24,30,33-35H,1-4,10-13,16-18H2,(H,31,37). The SMILES string of the molecule is O=C1CNC(=O)N1c1cccc(C(F)(F)COCCCCCCNCC(O)c2ccc(O)c(CCO)c2)c1. The van der Waals surface area contributed by atoms with Crippen LogP contribution in [0.4, 0.5) is 19.3 Å². The number of rotatable bonds is 16. The zero-order valence-electron chi connectivity index (χ0n) is 21.2. The van der Waals surface area contributed by atoms with E-state index >= 15 is 0 Å². The lowest BCUT2D eigenvalue weighted by Crippen LogP contribution is -2.31. The molecule has 38 heavy (non-hydrogen) atoms. The molecule has 0 aliphatic carbocycles. The summed E-state index contributed by atoms with van der Waals surface area (Å²) in [6, 6.07) is 9.39. The van der Waals surface area contributed by atoms with Crippen LogP contribution in [0, 0.1) is 0 Å². The first kappa shape index (κ1) is 29.4. The molecule has 1 unspecified atom stereocenters. The summed E-state index contributed by atoms with van der Waals surface area (Å²) in [4.78, 5) is 24.5. The van der Waals surface area contributed by atoms with Crippen molar-refractivity contribution in [3.63, 3.8) is 0 Å². The number of halogens is 2. The number of aliphatic hydroxyl groups excluding tert-OH is 2. The Morgan fingerprint density at radius 1 is 1.11 bits per heavy atom. The first-order valence-electron chi connectivity index (χ1n) is 12.7. The number of anilines is 1. The molecular weight excluding hydrogens is 500 g/mol. The molecule has 1 aliphatic rings. The fourth-order valence-electron chi connectivity index (χ4n) is 4.14. The number of hydrogen-bond donors (Lipinski definition) is 5. The molecule has 2 aromatic carbocycles. The van der Waals surface area contributed by atoms with E-state index in [1.54, 1.807) is 12.1 Å². The highest BCUT2D eigenvalue weighted by molar-refractivity contribution is 6.19. The summed E-state index contributed by atoms with van der Waals surface area (Å²) in [7, 11) is 0. The zero-order chi connectivity index (χ0) is 27.5. The molecule has 1 heterocycles. The summed E-state index contributed by atoms with van der Waals surface area (Å²) in [5.41, 5.74) is 1.02. The van der Waals surface area contributed by atoms with E-state index in [0.29, 0.717) is 37.1 Å². The van der Waals surface area contributed by atoms with E-state index in [2.05, 4.69) is 10.6 Å². The van der Waals surface area contributed by atoms with Gasteiger partial charge in [-0.25, -0.2) is 9.69 Å². The molecule has 11 heteroatoms. The topological polar surface area (TPSA) is 131 Å². The van der Waals surface area contributed by atoms with Crippen LogP contribution in [-0.2, 0) is 21.9 Å². The van der Waals surface area contributed by atoms with Gasteiger partial charge in [0.1, 0.15) is 12.4 Å². The van der Waals surface area contributed by atoms with Gasteiger partial charge in [-0.3, -0.25) is 4.79 Å². The maximum absolute atomic E-state index is 14.6. The van der Waals surface area contributed by atoms with Gasteiger partial charge in [0.15, 0.2) is 0 Å². The van der Waals surface area contributed by atoms with Gasteiger partial charge in [0, 0.05) is 25.3 Å². The second kappa shape index (κ2) is 14.1. The van der Waals surface area contributed by atoms with E-state index in [1.165, 1.54) is 24.3 Å². The van der Waals surface area contributed by atoms with Gasteiger partial charge in [-0.05, 0) is 61.2 Å². The number of phenols is 1. The van der Waals surface area contributed by atoms with Crippen LogP contribution in [0.25, 0.3) is 0 Å². The number of alkyl halides is 2. The number of nitrogens with one attached hydrogen (secondary N) is 2. The molecule has 0 spiro atoms. The van der Waals surface area contributed by atoms with E-state index in [4.69, 9.17) is 9.84 Å². The Morgan fingerprint density at radius 3 is 2.63 bits per heavy atom. The van der Waals surface area contributed by atoms with Crippen LogP contribution in [0.2, 0.25) is 0 Å². The van der Waals surface area contributed by atoms with E-state index in [9.17, 15) is 28.6 Å². The third-order valence-electron chi connectivity index (χ3n) is 6.25. The van der Waals surface area contributed by atoms with Gasteiger partial charge in [-0.1, -0.05) is 31.0 Å². The van der Waals surface area contributed by atoms with Gasteiger partial charge in [0.05, 0.1) is 18.3 Å². The van der Waals surface area contributed by atoms with Crippen molar-refractivity contribution in [1.29, 1.82) is 0 Å². The minimum absolute atomic E-state index is 0.0873. The third-order valence-corrected chi connectivity index (χ3v) is 6.25. The Balaban J connectivity index is 1.29. The quantitative estimate of drug-likeness (QED) is 0.165. The number of urea groups is 1. The third kappa shape index (κ3) is 8.19. The number of hydrogen-bond acceptors (Lipinski definition) is 7. The number of benzene rings is 2. The molecule has 1 atom stereocenters. The normalized spacial score (nSPS) is 14.7. The van der Waals surface area contributed by atoms with Crippen LogP contribution in [0.3, 0.4) is 0 Å². The maximum Gasteiger partial charge on any atom is 0.329 e. The van der Waals surface area contributed by atoms with Crippen molar-refractivity contribution >= 4 is 17.6 Å². The largest absolute Gasteiger partial charge is 0.508 e. The lowest BCUT2D eigenvalue weighted by Gasteiger charge is -2.19. The second-order valence-electron chi connectivity index (χ2n) is 9.19. The average molecular weight is 536 g/mol. The Bertz CT molecular complexity index is 1070. The highest BCUT2D eigenvalue weighted by Gasteiger charge is 2.35. The second-order valence-corrected chi connectivity index (χ2v) is 9.19. The highest BCUT2D eigenvalue weighted by atomic mass is 19.3. The van der Waals surface area contributed by atoms with Crippen molar-refractivity contribution in [1.82, 2.24) is 10.6 Å². The van der Waals surface area contributed by atoms with Crippen LogP contribution in [0.15, 0.2) is 42.5 Å². The first-order valence-corrected chi connectivity index (χ1v) is 12.7. The molecule has 9 nitrogen and oxygen atoms in total. The van der Waals surface area contributed by atoms with Gasteiger partial charge < -0.3 is 30.7 Å². The van der Waals surface area contributed by atoms with Crippen molar-refractivity contribution in [2.24, 2.45) is 0 Å². The van der Waals surface area contributed by atoms with E-state index in [-0.39, 0.29) is 36.8 Å². The zero-order valence-corrected chi connectivity index (χ0v) is 21.2. The molecule has 0 bridgehead atoms. The number of imide groups is 1. The average Bonchev–Trinajstić information content (AvgIpc) is 3.24. The molecule has 1 aliphatic heterocycles. The minimum atomic E-state index is -3.27. The van der Waals surface area contributed by atoms with Crippen LogP contribution in [0.1, 0.15) is 48.5 Å². The number of nitrogens with zero attached hydrogens (tertiary/aromatic N) is 1. The van der Waals surface area contributed by atoms with Gasteiger partial charge in [0.25, 0.3) is 11.8 Å². The summed E-state index contributed by atoms with van der Waals surface area (Å²) in [5, 5.41) is 34.7. The molecule has 3 amide bonds. The van der Waals surface area contributed by atoms with E-state index < -0.39 is 30.6 Å². The summed E-state index contributed by atoms with van der Waals surface area (Å²) in [6.45, 7) is 0.173. The molecular formula is C27H35F2N3O6. The Kier molecular flexibility index (Phi) is 11.0. The predicted octanol–water partition coefficient (Wildman–Crippen LogP) is 2.98. The molecule has 2 aromatic rings. The Morgan fingerprint density at radius 2 is 1.89 bits per heavy atom. The van der Waals surface area contributed by atoms with Crippen molar-refractivity contribution < 1.29 is 38.4 Å². The Labute approximate surface area is 220 Å². The molecule has 1 fully saturated rings. The number of amides is 3. The lowest BCUT2D eigenvalue weighted by molar-refractivity contribution is -0.115. The summed E-state index contributed by atoms with van der Waals surface area (Å²) >= 11 is 0. The number of carbonyl (C=O) groups excluding carboxylic acids is 2. The maximum atomic E-state index is 14.6. The first-order chi connectivity index (χ1) is 18.2. The number of ether oxygens (including phenoxy) is 1. The summed E-state index contributed by atoms with van der Waals surface area (Å²) in [6.07, 6.45) is 2.73. The van der Waals surface area contributed by atoms with Gasteiger partial charge in [-0.2, -0.15) is 8.78 Å². The summed E-state index contributed by atoms with van der Waals surface area (Å²) < 4.78 is 34.4.